The van der Waals surface area contributed by atoms with Crippen molar-refractivity contribution < 1.29 is 26.9 Å². The average molecular weight is 432 g/mol. The van der Waals surface area contributed by atoms with Gasteiger partial charge in [-0.1, -0.05) is 18.2 Å². The molecule has 9 heteroatoms. The minimum atomic E-state index is -4.16. The number of nitrogens with zero attached hydrogens (tertiary/aromatic N) is 2. The van der Waals surface area contributed by atoms with E-state index in [2.05, 4.69) is 0 Å². The van der Waals surface area contributed by atoms with Gasteiger partial charge in [-0.2, -0.15) is 8.42 Å². The summed E-state index contributed by atoms with van der Waals surface area (Å²) in [5, 5.41) is 0. The van der Waals surface area contributed by atoms with E-state index in [-0.39, 0.29) is 28.0 Å². The summed E-state index contributed by atoms with van der Waals surface area (Å²) >= 11 is 0. The van der Waals surface area contributed by atoms with Gasteiger partial charge in [0.25, 0.3) is 5.91 Å². The Morgan fingerprint density at radius 2 is 1.57 bits per heavy atom. The highest BCUT2D eigenvalue weighted by molar-refractivity contribution is 7.87. The lowest BCUT2D eigenvalue weighted by Crippen LogP contribution is -2.50. The maximum atomic E-state index is 12.8. The van der Waals surface area contributed by atoms with Crippen molar-refractivity contribution in [1.29, 1.82) is 0 Å². The van der Waals surface area contributed by atoms with Crippen molar-refractivity contribution in [3.63, 3.8) is 0 Å². The largest absolute Gasteiger partial charge is 0.490 e. The smallest absolute Gasteiger partial charge is 0.339 e. The Balaban J connectivity index is 1.78. The zero-order valence-corrected chi connectivity index (χ0v) is 17.7. The van der Waals surface area contributed by atoms with E-state index in [0.717, 1.165) is 0 Å². The van der Waals surface area contributed by atoms with Crippen LogP contribution in [0.25, 0.3) is 0 Å². The fourth-order valence-corrected chi connectivity index (χ4v) is 4.14. The zero-order chi connectivity index (χ0) is 21.7. The van der Waals surface area contributed by atoms with Crippen LogP contribution in [0.3, 0.4) is 0 Å². The summed E-state index contributed by atoms with van der Waals surface area (Å²) < 4.78 is 36.2. The van der Waals surface area contributed by atoms with Gasteiger partial charge in [0, 0.05) is 38.7 Å². The Morgan fingerprint density at radius 3 is 2.20 bits per heavy atom. The van der Waals surface area contributed by atoms with Crippen LogP contribution in [0, 0.1) is 0 Å². The summed E-state index contributed by atoms with van der Waals surface area (Å²) in [6, 6.07) is 12.2. The van der Waals surface area contributed by atoms with E-state index in [1.54, 1.807) is 41.0 Å². The number of carbonyl (C=O) groups is 2. The van der Waals surface area contributed by atoms with Gasteiger partial charge in [-0.15, -0.1) is 0 Å². The van der Waals surface area contributed by atoms with Gasteiger partial charge in [-0.05, 0) is 37.3 Å². The summed E-state index contributed by atoms with van der Waals surface area (Å²) in [4.78, 5) is 27.4. The van der Waals surface area contributed by atoms with E-state index < -0.39 is 10.1 Å². The molecule has 0 saturated carbocycles. The predicted octanol–water partition coefficient (Wildman–Crippen LogP) is 2.16. The number of para-hydroxylation sites is 2. The van der Waals surface area contributed by atoms with E-state index in [4.69, 9.17) is 8.92 Å². The van der Waals surface area contributed by atoms with Gasteiger partial charge in [0.1, 0.15) is 4.90 Å². The Hall–Kier alpha value is -3.07. The van der Waals surface area contributed by atoms with Crippen molar-refractivity contribution in [3.8, 4) is 11.5 Å². The van der Waals surface area contributed by atoms with Gasteiger partial charge in [-0.25, -0.2) is 0 Å². The molecule has 0 atom stereocenters. The van der Waals surface area contributed by atoms with Gasteiger partial charge in [0.15, 0.2) is 11.5 Å². The minimum Gasteiger partial charge on any atom is -0.490 e. The minimum absolute atomic E-state index is 0.0281. The van der Waals surface area contributed by atoms with Gasteiger partial charge in [0.2, 0.25) is 5.91 Å². The molecule has 1 saturated heterocycles. The topological polar surface area (TPSA) is 93.2 Å². The van der Waals surface area contributed by atoms with Crippen LogP contribution in [0.1, 0.15) is 24.2 Å². The first kappa shape index (κ1) is 21.6. The molecule has 0 unspecified atom stereocenters. The molecule has 3 rings (SSSR count). The van der Waals surface area contributed by atoms with Gasteiger partial charge < -0.3 is 18.7 Å². The molecule has 0 bridgehead atoms. The monoisotopic (exact) mass is 432 g/mol. The molecule has 8 nitrogen and oxygen atoms in total. The molecule has 1 aliphatic heterocycles. The van der Waals surface area contributed by atoms with Crippen molar-refractivity contribution in [3.05, 3.63) is 54.1 Å². The third-order valence-electron chi connectivity index (χ3n) is 4.73. The molecule has 160 valence electrons. The van der Waals surface area contributed by atoms with Crippen LogP contribution in [-0.2, 0) is 14.9 Å². The summed E-state index contributed by atoms with van der Waals surface area (Å²) in [5.41, 5.74) is 0.244. The molecule has 30 heavy (non-hydrogen) atoms. The molecule has 0 N–H and O–H groups in total. The molecular weight excluding hydrogens is 408 g/mol. The van der Waals surface area contributed by atoms with Crippen LogP contribution < -0.4 is 8.92 Å². The lowest BCUT2D eigenvalue weighted by atomic mass is 10.2. The molecule has 2 aromatic rings. The Labute approximate surface area is 176 Å². The van der Waals surface area contributed by atoms with Crippen molar-refractivity contribution in [2.24, 2.45) is 0 Å². The first-order valence-electron chi connectivity index (χ1n) is 9.63. The van der Waals surface area contributed by atoms with Crippen molar-refractivity contribution in [2.75, 3.05) is 32.8 Å². The predicted molar refractivity (Wildman–Crippen MR) is 110 cm³/mol. The second-order valence-electron chi connectivity index (χ2n) is 6.74. The Bertz CT molecular complexity index is 1030. The number of ether oxygens (including phenoxy) is 1. The summed E-state index contributed by atoms with van der Waals surface area (Å²) in [6.07, 6.45) is 0. The fraction of sp³-hybridized carbons (Fsp3) is 0.333. The van der Waals surface area contributed by atoms with Crippen LogP contribution in [0.5, 0.6) is 11.5 Å². The summed E-state index contributed by atoms with van der Waals surface area (Å²) in [7, 11) is -4.16. The maximum absolute atomic E-state index is 12.8. The van der Waals surface area contributed by atoms with E-state index >= 15 is 0 Å². The van der Waals surface area contributed by atoms with Gasteiger partial charge in [0.05, 0.1) is 6.61 Å². The number of piperazine rings is 1. The molecule has 1 heterocycles. The number of carbonyl (C=O) groups excluding carboxylic acids is 2. The number of hydrogen-bond donors (Lipinski definition) is 0. The van der Waals surface area contributed by atoms with Crippen molar-refractivity contribution in [1.82, 2.24) is 9.80 Å². The van der Waals surface area contributed by atoms with Crippen LogP contribution >= 0.6 is 0 Å². The highest BCUT2D eigenvalue weighted by Crippen LogP contribution is 2.29. The molecule has 1 aliphatic rings. The second kappa shape index (κ2) is 9.17. The normalized spacial score (nSPS) is 14.3. The van der Waals surface area contributed by atoms with Crippen LogP contribution in [-0.4, -0.2) is 62.8 Å². The first-order valence-corrected chi connectivity index (χ1v) is 11.0. The molecule has 2 amide bonds. The third kappa shape index (κ3) is 4.91. The lowest BCUT2D eigenvalue weighted by molar-refractivity contribution is -0.130. The number of benzene rings is 2. The zero-order valence-electron chi connectivity index (χ0n) is 16.9. The highest BCUT2D eigenvalue weighted by Gasteiger charge is 2.25. The van der Waals surface area contributed by atoms with Crippen LogP contribution in [0.4, 0.5) is 0 Å². The van der Waals surface area contributed by atoms with Crippen LogP contribution in [0.2, 0.25) is 0 Å². The number of amides is 2. The van der Waals surface area contributed by atoms with Gasteiger partial charge >= 0.3 is 10.1 Å². The third-order valence-corrected chi connectivity index (χ3v) is 5.96. The molecule has 2 aromatic carbocycles. The summed E-state index contributed by atoms with van der Waals surface area (Å²) in [6.45, 7) is 5.35. The lowest BCUT2D eigenvalue weighted by Gasteiger charge is -2.34. The quantitative estimate of drug-likeness (QED) is 0.650. The second-order valence-corrected chi connectivity index (χ2v) is 8.29. The standard InChI is InChI=1S/C21H24N2O6S/c1-3-28-19-9-4-5-10-20(19)29-30(26,27)18-8-6-7-17(15-18)21(25)23-13-11-22(12-14-23)16(2)24/h4-10,15H,3,11-14H2,1-2H3. The van der Waals surface area contributed by atoms with Crippen LogP contribution in [0.15, 0.2) is 53.4 Å². The number of rotatable bonds is 6. The molecule has 1 fully saturated rings. The molecular formula is C21H24N2O6S. The first-order chi connectivity index (χ1) is 14.3. The Morgan fingerprint density at radius 1 is 0.933 bits per heavy atom. The SMILES string of the molecule is CCOc1ccccc1OS(=O)(=O)c1cccc(C(=O)N2CCN(C(C)=O)CC2)c1. The van der Waals surface area contributed by atoms with Crippen molar-refractivity contribution in [2.45, 2.75) is 18.7 Å². The Kier molecular flexibility index (Phi) is 6.61. The molecule has 0 spiro atoms. The van der Waals surface area contributed by atoms with E-state index in [0.29, 0.717) is 38.5 Å². The molecule has 0 radical (unpaired) electrons. The van der Waals surface area contributed by atoms with E-state index in [1.807, 2.05) is 0 Å². The molecule has 0 aromatic heterocycles. The van der Waals surface area contributed by atoms with Gasteiger partial charge in [-0.3, -0.25) is 9.59 Å². The van der Waals surface area contributed by atoms with E-state index in [9.17, 15) is 18.0 Å². The van der Waals surface area contributed by atoms with Crippen molar-refractivity contribution >= 4 is 21.9 Å². The molecule has 0 aliphatic carbocycles. The average Bonchev–Trinajstić information content (AvgIpc) is 2.75. The summed E-state index contributed by atoms with van der Waals surface area (Å²) in [5.74, 6) is 0.0835. The van der Waals surface area contributed by atoms with E-state index in [1.165, 1.54) is 31.2 Å². The fourth-order valence-electron chi connectivity index (χ4n) is 3.15. The number of hydrogen-bond acceptors (Lipinski definition) is 6. The maximum Gasteiger partial charge on any atom is 0.339 e. The highest BCUT2D eigenvalue weighted by atomic mass is 32.2.